The van der Waals surface area contributed by atoms with Crippen molar-refractivity contribution in [2.24, 2.45) is 0 Å². The van der Waals surface area contributed by atoms with Crippen molar-refractivity contribution in [1.82, 2.24) is 19.6 Å². The van der Waals surface area contributed by atoms with Crippen LogP contribution in [0.4, 0.5) is 0 Å². The number of hydrogen-bond acceptors (Lipinski definition) is 4. The van der Waals surface area contributed by atoms with Crippen LogP contribution in [0.25, 0.3) is 5.78 Å². The van der Waals surface area contributed by atoms with Gasteiger partial charge < -0.3 is 5.11 Å². The fourth-order valence-corrected chi connectivity index (χ4v) is 1.73. The number of carbonyl (C=O) groups is 1. The van der Waals surface area contributed by atoms with E-state index in [9.17, 15) is 9.59 Å². The molecule has 1 saturated carbocycles. The number of carboxylic acid groups (broad SMARTS) is 1. The standard InChI is InChI=1S/C10H10N4O3/c15-7-3-6(4-8(16)17)11-10-12-9(5-1-2-5)13-14(7)10/h3,5H,1-2,4H2,(H,16,17)(H,11,12,13). The van der Waals surface area contributed by atoms with E-state index < -0.39 is 5.97 Å². The predicted molar refractivity (Wildman–Crippen MR) is 56.9 cm³/mol. The normalized spacial score (nSPS) is 15.3. The van der Waals surface area contributed by atoms with Gasteiger partial charge in [-0.05, 0) is 12.8 Å². The first-order valence-corrected chi connectivity index (χ1v) is 5.34. The second-order valence-electron chi connectivity index (χ2n) is 4.17. The Morgan fingerprint density at radius 3 is 2.94 bits per heavy atom. The van der Waals surface area contributed by atoms with E-state index in [1.807, 2.05) is 0 Å². The summed E-state index contributed by atoms with van der Waals surface area (Å²) in [4.78, 5) is 30.5. The number of H-pyrrole nitrogens is 1. The van der Waals surface area contributed by atoms with Crippen molar-refractivity contribution in [1.29, 1.82) is 0 Å². The number of aliphatic carboxylic acids is 1. The van der Waals surface area contributed by atoms with E-state index >= 15 is 0 Å². The Morgan fingerprint density at radius 2 is 2.29 bits per heavy atom. The number of rotatable bonds is 3. The monoisotopic (exact) mass is 234 g/mol. The van der Waals surface area contributed by atoms with Crippen LogP contribution in [0, 0.1) is 0 Å². The molecular formula is C10H10N4O3. The highest BCUT2D eigenvalue weighted by atomic mass is 16.4. The molecule has 1 aliphatic carbocycles. The average Bonchev–Trinajstić information content (AvgIpc) is 2.98. The molecule has 0 bridgehead atoms. The van der Waals surface area contributed by atoms with Gasteiger partial charge in [-0.2, -0.15) is 9.50 Å². The molecular weight excluding hydrogens is 224 g/mol. The summed E-state index contributed by atoms with van der Waals surface area (Å²) in [6, 6.07) is 1.22. The molecule has 0 radical (unpaired) electrons. The summed E-state index contributed by atoms with van der Waals surface area (Å²) in [5.74, 6) is 0.371. The number of aromatic nitrogens is 4. The first kappa shape index (κ1) is 10.0. The molecule has 2 aromatic rings. The van der Waals surface area contributed by atoms with Crippen LogP contribution in [0.15, 0.2) is 10.9 Å². The quantitative estimate of drug-likeness (QED) is 0.773. The zero-order valence-electron chi connectivity index (χ0n) is 8.88. The zero-order chi connectivity index (χ0) is 12.0. The third kappa shape index (κ3) is 1.79. The molecule has 7 nitrogen and oxygen atoms in total. The highest BCUT2D eigenvalue weighted by Gasteiger charge is 2.27. The molecule has 2 N–H and O–H groups in total. The van der Waals surface area contributed by atoms with Crippen molar-refractivity contribution in [3.05, 3.63) is 27.9 Å². The maximum absolute atomic E-state index is 11.7. The van der Waals surface area contributed by atoms with Gasteiger partial charge in [-0.15, -0.1) is 0 Å². The Morgan fingerprint density at radius 1 is 1.53 bits per heavy atom. The summed E-state index contributed by atoms with van der Waals surface area (Å²) in [5, 5.41) is 11.5. The maximum atomic E-state index is 11.7. The van der Waals surface area contributed by atoms with Gasteiger partial charge in [0.1, 0.15) is 5.82 Å². The van der Waals surface area contributed by atoms with E-state index in [0.717, 1.165) is 18.7 Å². The molecule has 7 heteroatoms. The maximum Gasteiger partial charge on any atom is 0.309 e. The molecule has 0 unspecified atom stereocenters. The molecule has 2 heterocycles. The van der Waals surface area contributed by atoms with Gasteiger partial charge >= 0.3 is 5.97 Å². The highest BCUT2D eigenvalue weighted by molar-refractivity contribution is 5.69. The Balaban J connectivity index is 2.11. The van der Waals surface area contributed by atoms with Crippen LogP contribution >= 0.6 is 0 Å². The van der Waals surface area contributed by atoms with E-state index in [-0.39, 0.29) is 23.5 Å². The van der Waals surface area contributed by atoms with Crippen molar-refractivity contribution in [2.45, 2.75) is 25.2 Å². The lowest BCUT2D eigenvalue weighted by molar-refractivity contribution is -0.136. The summed E-state index contributed by atoms with van der Waals surface area (Å²) in [6.07, 6.45) is 1.87. The molecule has 1 aliphatic rings. The minimum atomic E-state index is -1.01. The first-order chi connectivity index (χ1) is 8.13. The number of fused-ring (bicyclic) bond motifs is 1. The second-order valence-corrected chi connectivity index (χ2v) is 4.17. The zero-order valence-corrected chi connectivity index (χ0v) is 8.88. The van der Waals surface area contributed by atoms with E-state index in [1.165, 1.54) is 10.6 Å². The fraction of sp³-hybridized carbons (Fsp3) is 0.400. The van der Waals surface area contributed by atoms with Gasteiger partial charge in [-0.3, -0.25) is 14.7 Å². The Kier molecular flexibility index (Phi) is 2.01. The lowest BCUT2D eigenvalue weighted by atomic mass is 10.3. The molecule has 3 rings (SSSR count). The molecule has 1 fully saturated rings. The van der Waals surface area contributed by atoms with Gasteiger partial charge in [-0.25, -0.2) is 4.98 Å². The van der Waals surface area contributed by atoms with Gasteiger partial charge in [0.15, 0.2) is 0 Å². The second kappa shape index (κ2) is 3.41. The van der Waals surface area contributed by atoms with Crippen LogP contribution < -0.4 is 5.56 Å². The smallest absolute Gasteiger partial charge is 0.309 e. The van der Waals surface area contributed by atoms with Crippen LogP contribution in [0.3, 0.4) is 0 Å². The summed E-state index contributed by atoms with van der Waals surface area (Å²) in [7, 11) is 0. The van der Waals surface area contributed by atoms with Crippen molar-refractivity contribution in [2.75, 3.05) is 0 Å². The van der Waals surface area contributed by atoms with Gasteiger partial charge in [0.2, 0.25) is 0 Å². The molecule has 0 saturated heterocycles. The van der Waals surface area contributed by atoms with E-state index in [2.05, 4.69) is 15.1 Å². The molecule has 17 heavy (non-hydrogen) atoms. The van der Waals surface area contributed by atoms with Crippen molar-refractivity contribution in [3.8, 4) is 0 Å². The van der Waals surface area contributed by atoms with Crippen LogP contribution in [0.5, 0.6) is 0 Å². The minimum Gasteiger partial charge on any atom is -0.481 e. The van der Waals surface area contributed by atoms with Crippen LogP contribution in [-0.4, -0.2) is 30.7 Å². The molecule has 0 atom stereocenters. The molecule has 0 amide bonds. The van der Waals surface area contributed by atoms with Crippen molar-refractivity contribution < 1.29 is 9.90 Å². The van der Waals surface area contributed by atoms with Gasteiger partial charge in [-0.1, -0.05) is 0 Å². The molecule has 0 spiro atoms. The average molecular weight is 234 g/mol. The Hall–Kier alpha value is -2.18. The van der Waals surface area contributed by atoms with Crippen LogP contribution in [0.2, 0.25) is 0 Å². The summed E-state index contributed by atoms with van der Waals surface area (Å²) >= 11 is 0. The number of carboxylic acids is 1. The number of hydrogen-bond donors (Lipinski definition) is 2. The number of nitrogens with one attached hydrogen (secondary N) is 1. The molecule has 2 aromatic heterocycles. The third-order valence-electron chi connectivity index (χ3n) is 2.70. The third-order valence-corrected chi connectivity index (χ3v) is 2.70. The predicted octanol–water partition coefficient (Wildman–Crippen LogP) is -0.0779. The van der Waals surface area contributed by atoms with Crippen LogP contribution in [0.1, 0.15) is 30.3 Å². The van der Waals surface area contributed by atoms with Gasteiger partial charge in [0.05, 0.1) is 12.1 Å². The van der Waals surface area contributed by atoms with Gasteiger partial charge in [0.25, 0.3) is 11.3 Å². The van der Waals surface area contributed by atoms with Crippen molar-refractivity contribution >= 4 is 11.7 Å². The number of aromatic amines is 1. The first-order valence-electron chi connectivity index (χ1n) is 5.34. The van der Waals surface area contributed by atoms with E-state index in [4.69, 9.17) is 5.11 Å². The topological polar surface area (TPSA) is 100 Å². The van der Waals surface area contributed by atoms with Crippen molar-refractivity contribution in [3.63, 3.8) is 0 Å². The highest BCUT2D eigenvalue weighted by Crippen LogP contribution is 2.37. The SMILES string of the molecule is O=C(O)Cc1cc(=O)n2[nH]c(C3CC3)nc2n1. The van der Waals surface area contributed by atoms with E-state index in [1.54, 1.807) is 0 Å². The van der Waals surface area contributed by atoms with E-state index in [0.29, 0.717) is 5.92 Å². The fourth-order valence-electron chi connectivity index (χ4n) is 1.73. The largest absolute Gasteiger partial charge is 0.481 e. The molecule has 0 aromatic carbocycles. The Labute approximate surface area is 95.1 Å². The van der Waals surface area contributed by atoms with Crippen LogP contribution in [-0.2, 0) is 11.2 Å². The minimum absolute atomic E-state index is 0.233. The summed E-state index contributed by atoms with van der Waals surface area (Å²) in [6.45, 7) is 0. The lowest BCUT2D eigenvalue weighted by Crippen LogP contribution is -2.17. The summed E-state index contributed by atoms with van der Waals surface area (Å²) in [5.41, 5.74) is -0.0954. The lowest BCUT2D eigenvalue weighted by Gasteiger charge is -1.95. The molecule has 88 valence electrons. The number of nitrogens with zero attached hydrogens (tertiary/aromatic N) is 3. The Bertz CT molecular complexity index is 653. The van der Waals surface area contributed by atoms with Gasteiger partial charge in [0, 0.05) is 12.0 Å². The molecule has 0 aliphatic heterocycles. The summed E-state index contributed by atoms with van der Waals surface area (Å²) < 4.78 is 1.25.